The monoisotopic (exact) mass is 599 g/mol. The van der Waals surface area contributed by atoms with Crippen LogP contribution in [0.15, 0.2) is 73.1 Å². The van der Waals surface area contributed by atoms with Crippen LogP contribution in [0, 0.1) is 23.1 Å². The van der Waals surface area contributed by atoms with E-state index < -0.39 is 24.7 Å². The van der Waals surface area contributed by atoms with Crippen molar-refractivity contribution in [3.05, 3.63) is 95.6 Å². The number of carbonyl (C=O) groups is 2. The molecule has 7 rings (SSSR count). The molecule has 2 amide bonds. The van der Waals surface area contributed by atoms with E-state index in [1.807, 2.05) is 12.1 Å². The molecule has 3 saturated carbocycles. The van der Waals surface area contributed by atoms with Crippen molar-refractivity contribution < 1.29 is 28.0 Å². The molecule has 10 heteroatoms. The van der Waals surface area contributed by atoms with Crippen molar-refractivity contribution in [2.75, 3.05) is 7.11 Å². The van der Waals surface area contributed by atoms with Gasteiger partial charge < -0.3 is 24.7 Å². The summed E-state index contributed by atoms with van der Waals surface area (Å²) in [6, 6.07) is 16.5. The highest BCUT2D eigenvalue weighted by Gasteiger charge is 2.68. The van der Waals surface area contributed by atoms with E-state index in [-0.39, 0.29) is 42.0 Å². The summed E-state index contributed by atoms with van der Waals surface area (Å²) in [5.41, 5.74) is 1.22. The Kier molecular flexibility index (Phi) is 8.24. The van der Waals surface area contributed by atoms with E-state index >= 15 is 0 Å². The first kappa shape index (κ1) is 30.3. The van der Waals surface area contributed by atoms with Crippen molar-refractivity contribution in [2.45, 2.75) is 70.1 Å². The second kappa shape index (κ2) is 12.0. The van der Waals surface area contributed by atoms with Gasteiger partial charge in [0, 0.05) is 12.4 Å². The predicted octanol–water partition coefficient (Wildman–Crippen LogP) is 5.09. The maximum absolute atomic E-state index is 14.9. The molecule has 44 heavy (non-hydrogen) atoms. The van der Waals surface area contributed by atoms with Crippen LogP contribution in [0.3, 0.4) is 0 Å². The molecule has 0 radical (unpaired) electrons. The van der Waals surface area contributed by atoms with E-state index in [9.17, 15) is 14.0 Å². The summed E-state index contributed by atoms with van der Waals surface area (Å²) in [4.78, 5) is 31.0. The Morgan fingerprint density at radius 2 is 1.91 bits per heavy atom. The fourth-order valence-electron chi connectivity index (χ4n) is 7.49. The Bertz CT molecular complexity index is 1520. The molecule has 3 aromatic rings. The number of halogens is 1. The van der Waals surface area contributed by atoms with E-state index in [1.54, 1.807) is 55.8 Å². The van der Waals surface area contributed by atoms with E-state index in [0.29, 0.717) is 34.3 Å². The van der Waals surface area contributed by atoms with Gasteiger partial charge in [-0.1, -0.05) is 44.2 Å². The molecule has 1 aromatic heterocycles. The third-order valence-corrected chi connectivity index (χ3v) is 10.2. The number of methoxy groups -OCH3 is 1. The first-order valence-electron chi connectivity index (χ1n) is 15.3. The molecule has 230 valence electrons. The van der Waals surface area contributed by atoms with Gasteiger partial charge in [0.2, 0.25) is 5.91 Å². The summed E-state index contributed by atoms with van der Waals surface area (Å²) in [6.07, 6.45) is 5.09. The SMILES string of the molecule is COc1cccc(C(CC(=O)N[C@@H](Cc2ccccc2F)B2O[C@@H]3C[C@@H]4C[C@@H](C4(C)C)[C@]3(C)O2)NC(=O)c2cccnc2)c1. The number of nitrogens with zero attached hydrogens (tertiary/aromatic N) is 1. The molecule has 1 saturated heterocycles. The largest absolute Gasteiger partial charge is 0.497 e. The van der Waals surface area contributed by atoms with Crippen molar-refractivity contribution in [3.63, 3.8) is 0 Å². The van der Waals surface area contributed by atoms with Gasteiger partial charge in [-0.25, -0.2) is 4.39 Å². The topological polar surface area (TPSA) is 98.8 Å². The molecule has 0 spiro atoms. The van der Waals surface area contributed by atoms with Gasteiger partial charge in [0.15, 0.2) is 0 Å². The third-order valence-electron chi connectivity index (χ3n) is 10.2. The van der Waals surface area contributed by atoms with Gasteiger partial charge in [-0.2, -0.15) is 0 Å². The van der Waals surface area contributed by atoms with Crippen LogP contribution < -0.4 is 15.4 Å². The van der Waals surface area contributed by atoms with Crippen LogP contribution >= 0.6 is 0 Å². The first-order valence-corrected chi connectivity index (χ1v) is 15.3. The van der Waals surface area contributed by atoms with Gasteiger partial charge >= 0.3 is 7.12 Å². The number of hydrogen-bond donors (Lipinski definition) is 2. The maximum Gasteiger partial charge on any atom is 0.482 e. The minimum absolute atomic E-state index is 0.0713. The molecule has 2 heterocycles. The number of aromatic nitrogens is 1. The van der Waals surface area contributed by atoms with Gasteiger partial charge in [-0.3, -0.25) is 14.6 Å². The lowest BCUT2D eigenvalue weighted by atomic mass is 9.43. The van der Waals surface area contributed by atoms with Crippen LogP contribution in [0.1, 0.15) is 67.6 Å². The highest BCUT2D eigenvalue weighted by molar-refractivity contribution is 6.48. The Morgan fingerprint density at radius 1 is 1.09 bits per heavy atom. The number of carbonyl (C=O) groups excluding carboxylic acids is 2. The second-order valence-corrected chi connectivity index (χ2v) is 13.1. The van der Waals surface area contributed by atoms with Crippen LogP contribution in [0.5, 0.6) is 5.75 Å². The number of ether oxygens (including phenoxy) is 1. The van der Waals surface area contributed by atoms with E-state index in [0.717, 1.165) is 12.8 Å². The van der Waals surface area contributed by atoms with Crippen LogP contribution in [-0.2, 0) is 20.5 Å². The quantitative estimate of drug-likeness (QED) is 0.316. The number of hydrogen-bond acceptors (Lipinski definition) is 6. The zero-order valence-corrected chi connectivity index (χ0v) is 25.6. The number of nitrogens with one attached hydrogen (secondary N) is 2. The number of pyridine rings is 1. The van der Waals surface area contributed by atoms with Crippen molar-refractivity contribution in [2.24, 2.45) is 17.3 Å². The lowest BCUT2D eigenvalue weighted by Gasteiger charge is -2.64. The normalized spacial score (nSPS) is 26.1. The first-order chi connectivity index (χ1) is 21.1. The summed E-state index contributed by atoms with van der Waals surface area (Å²) in [7, 11) is 0.816. The predicted molar refractivity (Wildman–Crippen MR) is 164 cm³/mol. The smallest absolute Gasteiger partial charge is 0.482 e. The molecule has 2 bridgehead atoms. The molecule has 3 aliphatic carbocycles. The standard InChI is InChI=1S/C34H39BFN3O5/c1-33(2)24-17-28(33)34(3)29(18-24)43-35(44-34)30(16-21-9-5-6-13-26(21)36)39-31(40)19-27(22-10-7-12-25(15-22)42-4)38-32(41)23-11-8-14-37-20-23/h5-15,20,24,27-30H,16-19H2,1-4H3,(H,38,41)(H,39,40)/t24-,27?,28-,29+,30-,34-/m0/s1. The van der Waals surface area contributed by atoms with Gasteiger partial charge in [-0.05, 0) is 84.9 Å². The average Bonchev–Trinajstić information content (AvgIpc) is 3.39. The van der Waals surface area contributed by atoms with Gasteiger partial charge in [-0.15, -0.1) is 0 Å². The van der Waals surface area contributed by atoms with Crippen LogP contribution in [0.2, 0.25) is 0 Å². The molecule has 6 atom stereocenters. The minimum Gasteiger partial charge on any atom is -0.497 e. The summed E-state index contributed by atoms with van der Waals surface area (Å²) < 4.78 is 33.5. The molecule has 1 aliphatic heterocycles. The Hall–Kier alpha value is -3.76. The lowest BCUT2D eigenvalue weighted by Crippen LogP contribution is -2.65. The Balaban J connectivity index is 1.24. The summed E-state index contributed by atoms with van der Waals surface area (Å²) >= 11 is 0. The van der Waals surface area contributed by atoms with Crippen LogP contribution in [-0.4, -0.2) is 48.7 Å². The Labute approximate surface area is 258 Å². The molecule has 1 unspecified atom stereocenters. The van der Waals surface area contributed by atoms with E-state index in [2.05, 4.69) is 36.4 Å². The van der Waals surface area contributed by atoms with Crippen LogP contribution in [0.4, 0.5) is 4.39 Å². The van der Waals surface area contributed by atoms with Crippen molar-refractivity contribution in [3.8, 4) is 5.75 Å². The summed E-state index contributed by atoms with van der Waals surface area (Å²) in [5.74, 6) is -0.179. The zero-order valence-electron chi connectivity index (χ0n) is 25.6. The third kappa shape index (κ3) is 5.73. The zero-order chi connectivity index (χ0) is 31.1. The van der Waals surface area contributed by atoms with E-state index in [4.69, 9.17) is 14.0 Å². The van der Waals surface area contributed by atoms with Gasteiger partial charge in [0.05, 0.1) is 42.8 Å². The highest BCUT2D eigenvalue weighted by atomic mass is 19.1. The number of rotatable bonds is 10. The summed E-state index contributed by atoms with van der Waals surface area (Å²) in [6.45, 7) is 6.70. The van der Waals surface area contributed by atoms with E-state index in [1.165, 1.54) is 12.3 Å². The van der Waals surface area contributed by atoms with Crippen LogP contribution in [0.25, 0.3) is 0 Å². The van der Waals surface area contributed by atoms with Crippen molar-refractivity contribution in [1.29, 1.82) is 0 Å². The second-order valence-electron chi connectivity index (χ2n) is 13.1. The Morgan fingerprint density at radius 3 is 2.64 bits per heavy atom. The summed E-state index contributed by atoms with van der Waals surface area (Å²) in [5, 5.41) is 6.08. The molecule has 4 fully saturated rings. The highest BCUT2D eigenvalue weighted by Crippen LogP contribution is 2.65. The lowest BCUT2D eigenvalue weighted by molar-refractivity contribution is -0.199. The molecule has 4 aliphatic rings. The molecular weight excluding hydrogens is 560 g/mol. The fraction of sp³-hybridized carbons (Fsp3) is 0.441. The van der Waals surface area contributed by atoms with Gasteiger partial charge in [0.1, 0.15) is 11.6 Å². The fourth-order valence-corrected chi connectivity index (χ4v) is 7.49. The molecule has 2 aromatic carbocycles. The average molecular weight is 600 g/mol. The number of amides is 2. The number of benzene rings is 2. The minimum atomic E-state index is -0.746. The molecular formula is C34H39BFN3O5. The molecule has 8 nitrogen and oxygen atoms in total. The molecule has 2 N–H and O–H groups in total. The maximum atomic E-state index is 14.9. The van der Waals surface area contributed by atoms with Crippen molar-refractivity contribution in [1.82, 2.24) is 15.6 Å². The van der Waals surface area contributed by atoms with Crippen molar-refractivity contribution >= 4 is 18.9 Å². The van der Waals surface area contributed by atoms with Gasteiger partial charge in [0.25, 0.3) is 5.91 Å².